The Morgan fingerprint density at radius 3 is 2.39 bits per heavy atom. The Bertz CT molecular complexity index is 1410. The molecule has 0 spiro atoms. The van der Waals surface area contributed by atoms with Crippen LogP contribution in [0.4, 0.5) is 13.2 Å². The number of esters is 1. The highest BCUT2D eigenvalue weighted by molar-refractivity contribution is 7.99. The van der Waals surface area contributed by atoms with E-state index in [9.17, 15) is 18.0 Å². The fourth-order valence-corrected chi connectivity index (χ4v) is 4.69. The summed E-state index contributed by atoms with van der Waals surface area (Å²) in [6.45, 7) is 2.23. The van der Waals surface area contributed by atoms with Crippen LogP contribution in [0.2, 0.25) is 5.02 Å². The molecule has 0 atom stereocenters. The molecule has 0 bridgehead atoms. The van der Waals surface area contributed by atoms with Gasteiger partial charge in [-0.3, -0.25) is 0 Å². The first kappa shape index (κ1) is 27.3. The normalized spacial score (nSPS) is 11.3. The lowest BCUT2D eigenvalue weighted by molar-refractivity contribution is -0.274. The number of nitrogens with zero attached hydrogens (tertiary/aromatic N) is 3. The quantitative estimate of drug-likeness (QED) is 0.205. The van der Waals surface area contributed by atoms with Crippen LogP contribution in [0.25, 0.3) is 11.1 Å². The van der Waals surface area contributed by atoms with Crippen LogP contribution < -0.4 is 9.47 Å². The molecule has 1 heterocycles. The largest absolute Gasteiger partial charge is 0.573 e. The number of methoxy groups -OCH3 is 1. The molecule has 4 rings (SSSR count). The van der Waals surface area contributed by atoms with Crippen molar-refractivity contribution in [3.8, 4) is 22.6 Å². The van der Waals surface area contributed by atoms with Crippen molar-refractivity contribution in [2.45, 2.75) is 29.8 Å². The van der Waals surface area contributed by atoms with Gasteiger partial charge in [0.2, 0.25) is 5.69 Å². The highest BCUT2D eigenvalue weighted by Gasteiger charge is 2.32. The van der Waals surface area contributed by atoms with Gasteiger partial charge < -0.3 is 14.2 Å². The van der Waals surface area contributed by atoms with Gasteiger partial charge in [0.25, 0.3) is 0 Å². The third-order valence-electron chi connectivity index (χ3n) is 5.22. The van der Waals surface area contributed by atoms with Gasteiger partial charge in [0.15, 0.2) is 0 Å². The zero-order chi connectivity index (χ0) is 27.3. The molecule has 7 nitrogen and oxygen atoms in total. The average Bonchev–Trinajstić information content (AvgIpc) is 3.27. The highest BCUT2D eigenvalue weighted by Crippen LogP contribution is 2.39. The van der Waals surface area contributed by atoms with Crippen LogP contribution in [0.5, 0.6) is 11.5 Å². The predicted molar refractivity (Wildman–Crippen MR) is 136 cm³/mol. The molecule has 1 aromatic heterocycles. The van der Waals surface area contributed by atoms with E-state index in [1.165, 1.54) is 17.8 Å². The zero-order valence-corrected chi connectivity index (χ0v) is 21.7. The molecular formula is C26H21ClF3N3O4S. The van der Waals surface area contributed by atoms with Crippen molar-refractivity contribution in [2.75, 3.05) is 13.7 Å². The molecule has 3 aromatic carbocycles. The Labute approximate surface area is 225 Å². The van der Waals surface area contributed by atoms with Crippen LogP contribution >= 0.6 is 23.4 Å². The van der Waals surface area contributed by atoms with E-state index in [1.54, 1.807) is 49.0 Å². The molecular weight excluding hydrogens is 543 g/mol. The molecule has 0 radical (unpaired) electrons. The Hall–Kier alpha value is -3.70. The smallest absolute Gasteiger partial charge is 0.497 e. The molecule has 0 unspecified atom stereocenters. The lowest BCUT2D eigenvalue weighted by Gasteiger charge is -2.13. The van der Waals surface area contributed by atoms with E-state index in [1.807, 2.05) is 24.3 Å². The van der Waals surface area contributed by atoms with E-state index in [2.05, 4.69) is 15.0 Å². The summed E-state index contributed by atoms with van der Waals surface area (Å²) in [6.07, 6.45) is -4.86. The van der Waals surface area contributed by atoms with Crippen LogP contribution in [0.1, 0.15) is 23.0 Å². The van der Waals surface area contributed by atoms with Crippen LogP contribution in [-0.4, -0.2) is 41.0 Å². The second-order valence-corrected chi connectivity index (χ2v) is 9.20. The molecule has 0 aliphatic heterocycles. The van der Waals surface area contributed by atoms with Crippen LogP contribution in [0.15, 0.2) is 76.7 Å². The van der Waals surface area contributed by atoms with Gasteiger partial charge in [-0.2, -0.15) is 0 Å². The number of halogens is 4. The van der Waals surface area contributed by atoms with Gasteiger partial charge in [-0.15, -0.1) is 18.3 Å². The minimum absolute atomic E-state index is 0.0782. The van der Waals surface area contributed by atoms with Crippen molar-refractivity contribution < 1.29 is 32.2 Å². The number of carbonyl (C=O) groups is 1. The van der Waals surface area contributed by atoms with Crippen LogP contribution in [0, 0.1) is 0 Å². The fraction of sp³-hybridized carbons (Fsp3) is 0.192. The third kappa shape index (κ3) is 6.59. The lowest BCUT2D eigenvalue weighted by atomic mass is 10.1. The van der Waals surface area contributed by atoms with Crippen molar-refractivity contribution in [2.24, 2.45) is 0 Å². The average molecular weight is 564 g/mol. The fourth-order valence-electron chi connectivity index (χ4n) is 3.49. The lowest BCUT2D eigenvalue weighted by Crippen LogP contribution is -2.17. The molecule has 38 heavy (non-hydrogen) atoms. The standard InChI is InChI=1S/C26H21ClF3N3O4S/c1-3-36-25(34)23-24(33(32-31-23)15-16-7-11-18(35-2)12-8-16)38-19-13-9-17(10-14-19)20-5-4-6-21(22(20)27)37-26(28,29)30/h4-14H,3,15H2,1-2H3. The number of hydrogen-bond acceptors (Lipinski definition) is 7. The Morgan fingerprint density at radius 2 is 1.76 bits per heavy atom. The van der Waals surface area contributed by atoms with Gasteiger partial charge in [-0.05, 0) is 48.4 Å². The Balaban J connectivity index is 1.61. The first-order chi connectivity index (χ1) is 18.2. The minimum Gasteiger partial charge on any atom is -0.497 e. The SMILES string of the molecule is CCOC(=O)c1nnn(Cc2ccc(OC)cc2)c1Sc1ccc(-c2cccc(OC(F)(F)F)c2Cl)cc1. The second-order valence-electron chi connectivity index (χ2n) is 7.76. The van der Waals surface area contributed by atoms with E-state index < -0.39 is 18.1 Å². The molecule has 4 aromatic rings. The summed E-state index contributed by atoms with van der Waals surface area (Å²) < 4.78 is 54.0. The highest BCUT2D eigenvalue weighted by atomic mass is 35.5. The number of ether oxygens (including phenoxy) is 3. The van der Waals surface area contributed by atoms with E-state index in [4.69, 9.17) is 21.1 Å². The molecule has 0 aliphatic carbocycles. The molecule has 0 fully saturated rings. The van der Waals surface area contributed by atoms with Gasteiger partial charge >= 0.3 is 12.3 Å². The maximum atomic E-state index is 12.7. The number of benzene rings is 3. The van der Waals surface area contributed by atoms with Gasteiger partial charge in [0.1, 0.15) is 16.5 Å². The summed E-state index contributed by atoms with van der Waals surface area (Å²) in [5, 5.41) is 8.53. The van der Waals surface area contributed by atoms with Crippen molar-refractivity contribution in [3.05, 3.63) is 83.0 Å². The van der Waals surface area contributed by atoms with E-state index in [0.29, 0.717) is 28.4 Å². The number of alkyl halides is 3. The van der Waals surface area contributed by atoms with E-state index in [-0.39, 0.29) is 17.3 Å². The van der Waals surface area contributed by atoms with Gasteiger partial charge in [-0.25, -0.2) is 9.48 Å². The van der Waals surface area contributed by atoms with Gasteiger partial charge in [0, 0.05) is 10.5 Å². The number of hydrogen-bond donors (Lipinski definition) is 0. The maximum absolute atomic E-state index is 12.7. The van der Waals surface area contributed by atoms with Gasteiger partial charge in [-0.1, -0.05) is 65.0 Å². The van der Waals surface area contributed by atoms with Crippen LogP contribution in [0.3, 0.4) is 0 Å². The molecule has 0 amide bonds. The van der Waals surface area contributed by atoms with Crippen molar-refractivity contribution in [3.63, 3.8) is 0 Å². The summed E-state index contributed by atoms with van der Waals surface area (Å²) in [5.74, 6) is -0.367. The zero-order valence-electron chi connectivity index (χ0n) is 20.2. The first-order valence-electron chi connectivity index (χ1n) is 11.2. The van der Waals surface area contributed by atoms with Crippen LogP contribution in [-0.2, 0) is 11.3 Å². The van der Waals surface area contributed by atoms with Crippen molar-refractivity contribution in [1.29, 1.82) is 0 Å². The first-order valence-corrected chi connectivity index (χ1v) is 12.4. The Kier molecular flexibility index (Phi) is 8.48. The summed E-state index contributed by atoms with van der Waals surface area (Å²) >= 11 is 7.45. The summed E-state index contributed by atoms with van der Waals surface area (Å²) in [5.41, 5.74) is 1.96. The van der Waals surface area contributed by atoms with Crippen molar-refractivity contribution in [1.82, 2.24) is 15.0 Å². The monoisotopic (exact) mass is 563 g/mol. The summed E-state index contributed by atoms with van der Waals surface area (Å²) in [7, 11) is 1.58. The van der Waals surface area contributed by atoms with E-state index >= 15 is 0 Å². The second kappa shape index (κ2) is 11.8. The van der Waals surface area contributed by atoms with Crippen molar-refractivity contribution >= 4 is 29.3 Å². The molecule has 12 heteroatoms. The Morgan fingerprint density at radius 1 is 1.05 bits per heavy atom. The number of aromatic nitrogens is 3. The number of rotatable bonds is 9. The minimum atomic E-state index is -4.86. The van der Waals surface area contributed by atoms with Gasteiger partial charge in [0.05, 0.1) is 25.3 Å². The molecule has 0 N–H and O–H groups in total. The van der Waals surface area contributed by atoms with E-state index in [0.717, 1.165) is 16.5 Å². The number of carbonyl (C=O) groups excluding carboxylic acids is 1. The molecule has 0 saturated carbocycles. The third-order valence-corrected chi connectivity index (χ3v) is 6.71. The molecule has 0 saturated heterocycles. The summed E-state index contributed by atoms with van der Waals surface area (Å²) in [6, 6.07) is 18.5. The topological polar surface area (TPSA) is 75.5 Å². The summed E-state index contributed by atoms with van der Waals surface area (Å²) in [4.78, 5) is 13.3. The molecule has 198 valence electrons. The molecule has 0 aliphatic rings. The predicted octanol–water partition coefficient (Wildman–Crippen LogP) is 6.88. The maximum Gasteiger partial charge on any atom is 0.573 e.